The van der Waals surface area contributed by atoms with Gasteiger partial charge in [-0.05, 0) is 59.7 Å². The van der Waals surface area contributed by atoms with Crippen molar-refractivity contribution in [3.05, 3.63) is 131 Å². The lowest BCUT2D eigenvalue weighted by Gasteiger charge is -2.24. The summed E-state index contributed by atoms with van der Waals surface area (Å²) in [4.78, 5) is 27.5. The van der Waals surface area contributed by atoms with Crippen molar-refractivity contribution in [2.24, 2.45) is 0 Å². The summed E-state index contributed by atoms with van der Waals surface area (Å²) < 4.78 is 24.7. The normalized spacial score (nSPS) is 16.9. The molecule has 7 heteroatoms. The van der Waals surface area contributed by atoms with Gasteiger partial charge < -0.3 is 19.2 Å². The predicted octanol–water partition coefficient (Wildman–Crippen LogP) is 5.62. The van der Waals surface area contributed by atoms with Gasteiger partial charge in [0.1, 0.15) is 29.7 Å². The number of ketones is 1. The number of benzene rings is 3. The Labute approximate surface area is 206 Å². The molecule has 0 aliphatic carbocycles. The third-order valence-corrected chi connectivity index (χ3v) is 6.01. The Balaban J connectivity index is 1.50. The van der Waals surface area contributed by atoms with Gasteiger partial charge in [0, 0.05) is 5.56 Å². The summed E-state index contributed by atoms with van der Waals surface area (Å²) >= 11 is 0. The number of ether oxygens (including phenoxy) is 1. The topological polar surface area (TPSA) is 80.0 Å². The van der Waals surface area contributed by atoms with Crippen LogP contribution in [0.25, 0.3) is 5.76 Å². The SMILES string of the molecule is O=C1C(=O)N(Cc2ccco2)C(c2ccc(OCc3ccccc3)cc2)C1=C(O)c1ccc(F)cc1. The largest absolute Gasteiger partial charge is 0.507 e. The van der Waals surface area contributed by atoms with E-state index >= 15 is 0 Å². The molecule has 36 heavy (non-hydrogen) atoms. The highest BCUT2D eigenvalue weighted by molar-refractivity contribution is 6.46. The van der Waals surface area contributed by atoms with Crippen molar-refractivity contribution >= 4 is 17.4 Å². The van der Waals surface area contributed by atoms with Gasteiger partial charge in [0.2, 0.25) is 0 Å². The maximum absolute atomic E-state index is 13.4. The number of hydrogen-bond acceptors (Lipinski definition) is 5. The number of hydrogen-bond donors (Lipinski definition) is 1. The number of likely N-dealkylation sites (tertiary alicyclic amines) is 1. The van der Waals surface area contributed by atoms with E-state index in [0.717, 1.165) is 5.56 Å². The zero-order chi connectivity index (χ0) is 25.1. The molecule has 4 aromatic rings. The fourth-order valence-electron chi connectivity index (χ4n) is 4.21. The summed E-state index contributed by atoms with van der Waals surface area (Å²) in [6.07, 6.45) is 1.48. The minimum Gasteiger partial charge on any atom is -0.507 e. The van der Waals surface area contributed by atoms with E-state index in [0.29, 0.717) is 23.7 Å². The first kappa shape index (κ1) is 23.1. The van der Waals surface area contributed by atoms with E-state index in [4.69, 9.17) is 9.15 Å². The minimum atomic E-state index is -0.872. The van der Waals surface area contributed by atoms with Crippen LogP contribution in [0.2, 0.25) is 0 Å². The van der Waals surface area contributed by atoms with Crippen LogP contribution in [0.15, 0.2) is 107 Å². The van der Waals surface area contributed by atoms with Gasteiger partial charge in [0.15, 0.2) is 0 Å². The van der Waals surface area contributed by atoms with Gasteiger partial charge in [0.25, 0.3) is 11.7 Å². The zero-order valence-electron chi connectivity index (χ0n) is 19.1. The lowest BCUT2D eigenvalue weighted by atomic mass is 9.95. The third-order valence-electron chi connectivity index (χ3n) is 6.01. The van der Waals surface area contributed by atoms with Crippen LogP contribution in [0.4, 0.5) is 4.39 Å². The number of halogens is 1. The number of aliphatic hydroxyl groups is 1. The molecule has 1 unspecified atom stereocenters. The van der Waals surface area contributed by atoms with Crippen LogP contribution in [-0.2, 0) is 22.7 Å². The monoisotopic (exact) mass is 483 g/mol. The van der Waals surface area contributed by atoms with Crippen LogP contribution in [0.5, 0.6) is 5.75 Å². The van der Waals surface area contributed by atoms with Crippen LogP contribution < -0.4 is 4.74 Å². The van der Waals surface area contributed by atoms with Gasteiger partial charge in [-0.2, -0.15) is 0 Å². The van der Waals surface area contributed by atoms with Crippen LogP contribution in [0, 0.1) is 5.82 Å². The molecule has 0 spiro atoms. The Kier molecular flexibility index (Phi) is 6.36. The molecule has 2 heterocycles. The number of rotatable bonds is 7. The molecular weight excluding hydrogens is 461 g/mol. The molecule has 1 fully saturated rings. The first-order valence-electron chi connectivity index (χ1n) is 11.3. The van der Waals surface area contributed by atoms with E-state index in [9.17, 15) is 19.1 Å². The smallest absolute Gasteiger partial charge is 0.296 e. The second kappa shape index (κ2) is 9.92. The van der Waals surface area contributed by atoms with E-state index in [1.54, 1.807) is 36.4 Å². The lowest BCUT2D eigenvalue weighted by Crippen LogP contribution is -2.29. The molecule has 180 valence electrons. The molecule has 1 N–H and O–H groups in total. The molecule has 1 saturated heterocycles. The Hall–Kier alpha value is -4.65. The highest BCUT2D eigenvalue weighted by Crippen LogP contribution is 2.40. The fraction of sp³-hybridized carbons (Fsp3) is 0.103. The number of aliphatic hydroxyl groups excluding tert-OH is 1. The Morgan fingerprint density at radius 2 is 1.64 bits per heavy atom. The highest BCUT2D eigenvalue weighted by atomic mass is 19.1. The van der Waals surface area contributed by atoms with Crippen LogP contribution in [-0.4, -0.2) is 21.7 Å². The van der Waals surface area contributed by atoms with Crippen molar-refractivity contribution in [1.29, 1.82) is 0 Å². The second-order valence-corrected chi connectivity index (χ2v) is 8.36. The van der Waals surface area contributed by atoms with Crippen molar-refractivity contribution in [2.45, 2.75) is 19.2 Å². The number of carbonyl (C=O) groups is 2. The van der Waals surface area contributed by atoms with Crippen molar-refractivity contribution in [1.82, 2.24) is 4.90 Å². The van der Waals surface area contributed by atoms with Gasteiger partial charge in [-0.1, -0.05) is 42.5 Å². The minimum absolute atomic E-state index is 0.0364. The average molecular weight is 483 g/mol. The molecule has 3 aromatic carbocycles. The standard InChI is InChI=1S/C29H22FNO5/c30-22-12-8-21(9-13-22)27(32)25-26(31(29(34)28(25)33)17-24-7-4-16-35-24)20-10-14-23(15-11-20)36-18-19-5-2-1-3-6-19/h1-16,26,32H,17-18H2. The summed E-state index contributed by atoms with van der Waals surface area (Å²) in [6, 6.07) is 24.4. The van der Waals surface area contributed by atoms with E-state index in [2.05, 4.69) is 0 Å². The van der Waals surface area contributed by atoms with Gasteiger partial charge in [0.05, 0.1) is 24.4 Å². The summed E-state index contributed by atoms with van der Waals surface area (Å²) in [6.45, 7) is 0.427. The lowest BCUT2D eigenvalue weighted by molar-refractivity contribution is -0.140. The summed E-state index contributed by atoms with van der Waals surface area (Å²) in [5.74, 6) is -1.32. The fourth-order valence-corrected chi connectivity index (χ4v) is 4.21. The Morgan fingerprint density at radius 3 is 2.31 bits per heavy atom. The molecule has 1 aliphatic heterocycles. The van der Waals surface area contributed by atoms with Crippen LogP contribution in [0.3, 0.4) is 0 Å². The molecular formula is C29H22FNO5. The van der Waals surface area contributed by atoms with Crippen LogP contribution in [0.1, 0.15) is 28.5 Å². The second-order valence-electron chi connectivity index (χ2n) is 8.36. The maximum atomic E-state index is 13.4. The molecule has 0 bridgehead atoms. The number of carbonyl (C=O) groups excluding carboxylic acids is 2. The number of furan rings is 1. The maximum Gasteiger partial charge on any atom is 0.296 e. The third kappa shape index (κ3) is 4.63. The highest BCUT2D eigenvalue weighted by Gasteiger charge is 2.46. The van der Waals surface area contributed by atoms with Crippen molar-refractivity contribution < 1.29 is 28.2 Å². The molecule has 1 aliphatic rings. The van der Waals surface area contributed by atoms with Crippen molar-refractivity contribution in [3.63, 3.8) is 0 Å². The Bertz CT molecular complexity index is 1390. The van der Waals surface area contributed by atoms with Crippen LogP contribution >= 0.6 is 0 Å². The number of amides is 1. The average Bonchev–Trinajstić information content (AvgIpc) is 3.51. The molecule has 1 aromatic heterocycles. The quantitative estimate of drug-likeness (QED) is 0.210. The predicted molar refractivity (Wildman–Crippen MR) is 130 cm³/mol. The van der Waals surface area contributed by atoms with Gasteiger partial charge >= 0.3 is 0 Å². The van der Waals surface area contributed by atoms with E-state index in [-0.39, 0.29) is 23.4 Å². The summed E-state index contributed by atoms with van der Waals surface area (Å²) in [5, 5.41) is 11.0. The van der Waals surface area contributed by atoms with Crippen molar-refractivity contribution in [3.8, 4) is 5.75 Å². The molecule has 0 saturated carbocycles. The van der Waals surface area contributed by atoms with Gasteiger partial charge in [-0.25, -0.2) is 4.39 Å². The van der Waals surface area contributed by atoms with E-state index in [1.807, 2.05) is 30.3 Å². The molecule has 5 rings (SSSR count). The first-order chi connectivity index (χ1) is 17.5. The summed E-state index contributed by atoms with van der Waals surface area (Å²) in [7, 11) is 0. The number of nitrogens with zero attached hydrogens (tertiary/aromatic N) is 1. The van der Waals surface area contributed by atoms with E-state index in [1.165, 1.54) is 35.4 Å². The van der Waals surface area contributed by atoms with Gasteiger partial charge in [-0.15, -0.1) is 0 Å². The first-order valence-corrected chi connectivity index (χ1v) is 11.3. The molecule has 0 radical (unpaired) electrons. The van der Waals surface area contributed by atoms with E-state index < -0.39 is 23.5 Å². The molecule has 1 atom stereocenters. The van der Waals surface area contributed by atoms with Gasteiger partial charge in [-0.3, -0.25) is 9.59 Å². The zero-order valence-corrected chi connectivity index (χ0v) is 19.1. The number of Topliss-reactive ketones (excluding diaryl/α,β-unsaturated/α-hetero) is 1. The molecule has 1 amide bonds. The summed E-state index contributed by atoms with van der Waals surface area (Å²) in [5.41, 5.74) is 1.79. The molecule has 6 nitrogen and oxygen atoms in total. The Morgan fingerprint density at radius 1 is 0.917 bits per heavy atom. The van der Waals surface area contributed by atoms with Crippen molar-refractivity contribution in [2.75, 3.05) is 0 Å².